The predicted molar refractivity (Wildman–Crippen MR) is 98.2 cm³/mol. The molecule has 2 aromatic rings. The molecule has 0 bridgehead atoms. The number of carbonyl (C=O) groups is 2. The first-order valence-corrected chi connectivity index (χ1v) is 8.76. The van der Waals surface area contributed by atoms with Gasteiger partial charge in [-0.05, 0) is 48.2 Å². The molecule has 6 heteroatoms. The van der Waals surface area contributed by atoms with Gasteiger partial charge in [0.05, 0.1) is 7.11 Å². The summed E-state index contributed by atoms with van der Waals surface area (Å²) in [5.41, 5.74) is 1.82. The number of carbonyl (C=O) groups excluding carboxylic acids is 1. The monoisotopic (exact) mass is 373 g/mol. The lowest BCUT2D eigenvalue weighted by atomic mass is 9.96. The summed E-state index contributed by atoms with van der Waals surface area (Å²) in [4.78, 5) is 26.0. The number of benzene rings is 2. The van der Waals surface area contributed by atoms with Crippen LogP contribution in [0.25, 0.3) is 0 Å². The van der Waals surface area contributed by atoms with Crippen molar-refractivity contribution in [2.24, 2.45) is 5.92 Å². The van der Waals surface area contributed by atoms with E-state index in [1.807, 2.05) is 36.4 Å². The van der Waals surface area contributed by atoms with Gasteiger partial charge in [0.15, 0.2) is 0 Å². The Bertz CT molecular complexity index is 806. The molecule has 26 heavy (non-hydrogen) atoms. The lowest BCUT2D eigenvalue weighted by molar-refractivity contribution is -0.146. The fourth-order valence-corrected chi connectivity index (χ4v) is 3.48. The minimum atomic E-state index is -0.972. The van der Waals surface area contributed by atoms with Crippen molar-refractivity contribution in [3.8, 4) is 5.75 Å². The summed E-state index contributed by atoms with van der Waals surface area (Å²) >= 11 is 5.90. The van der Waals surface area contributed by atoms with Crippen molar-refractivity contribution in [1.29, 1.82) is 0 Å². The zero-order chi connectivity index (χ0) is 18.7. The zero-order valence-electron chi connectivity index (χ0n) is 14.4. The molecule has 0 aliphatic carbocycles. The Hall–Kier alpha value is -2.53. The highest BCUT2D eigenvalue weighted by atomic mass is 35.5. The number of carboxylic acids is 1. The number of hydrogen-bond acceptors (Lipinski definition) is 3. The molecule has 0 radical (unpaired) electrons. The second kappa shape index (κ2) is 7.79. The van der Waals surface area contributed by atoms with Gasteiger partial charge in [-0.25, -0.2) is 4.79 Å². The number of hydrogen-bond donors (Lipinski definition) is 1. The molecule has 0 aromatic heterocycles. The maximum Gasteiger partial charge on any atom is 0.326 e. The lowest BCUT2D eigenvalue weighted by Crippen LogP contribution is -2.38. The van der Waals surface area contributed by atoms with E-state index in [1.54, 1.807) is 19.2 Å². The third-order valence-electron chi connectivity index (χ3n) is 4.68. The van der Waals surface area contributed by atoms with Crippen LogP contribution in [0.4, 0.5) is 0 Å². The number of ether oxygens (including phenoxy) is 1. The summed E-state index contributed by atoms with van der Waals surface area (Å²) in [6.07, 6.45) is 0.815. The number of halogens is 1. The van der Waals surface area contributed by atoms with E-state index in [9.17, 15) is 14.7 Å². The summed E-state index contributed by atoms with van der Waals surface area (Å²) < 4.78 is 5.20. The molecule has 2 atom stereocenters. The van der Waals surface area contributed by atoms with E-state index >= 15 is 0 Å². The van der Waals surface area contributed by atoms with Crippen LogP contribution in [-0.4, -0.2) is 35.0 Å². The number of rotatable bonds is 6. The van der Waals surface area contributed by atoms with Crippen LogP contribution >= 0.6 is 11.6 Å². The van der Waals surface area contributed by atoms with Gasteiger partial charge in [-0.2, -0.15) is 0 Å². The Balaban J connectivity index is 1.78. The van der Waals surface area contributed by atoms with E-state index in [0.29, 0.717) is 23.6 Å². The second-order valence-electron chi connectivity index (χ2n) is 6.43. The molecule has 0 unspecified atom stereocenters. The third-order valence-corrected chi connectivity index (χ3v) is 4.94. The number of methoxy groups -OCH3 is 1. The van der Waals surface area contributed by atoms with Crippen LogP contribution in [0.3, 0.4) is 0 Å². The fourth-order valence-electron chi connectivity index (χ4n) is 3.35. The third kappa shape index (κ3) is 3.99. The van der Waals surface area contributed by atoms with Gasteiger partial charge in [0.25, 0.3) is 0 Å². The van der Waals surface area contributed by atoms with Gasteiger partial charge in [0.2, 0.25) is 5.91 Å². The van der Waals surface area contributed by atoms with Crippen LogP contribution in [0, 0.1) is 5.92 Å². The smallest absolute Gasteiger partial charge is 0.326 e. The zero-order valence-corrected chi connectivity index (χ0v) is 15.1. The maximum atomic E-state index is 12.9. The highest BCUT2D eigenvalue weighted by molar-refractivity contribution is 6.30. The Morgan fingerprint density at radius 2 is 1.96 bits per heavy atom. The summed E-state index contributed by atoms with van der Waals surface area (Å²) in [5.74, 6) is -0.767. The summed E-state index contributed by atoms with van der Waals surface area (Å²) in [7, 11) is 1.57. The van der Waals surface area contributed by atoms with Crippen molar-refractivity contribution in [2.75, 3.05) is 7.11 Å². The Kier molecular flexibility index (Phi) is 5.47. The normalized spacial score (nSPS) is 19.6. The van der Waals surface area contributed by atoms with Crippen LogP contribution in [0.1, 0.15) is 17.5 Å². The Morgan fingerprint density at radius 3 is 2.62 bits per heavy atom. The first-order valence-electron chi connectivity index (χ1n) is 8.38. The van der Waals surface area contributed by atoms with E-state index in [4.69, 9.17) is 16.3 Å². The van der Waals surface area contributed by atoms with Crippen LogP contribution in [0.5, 0.6) is 5.75 Å². The molecule has 1 fully saturated rings. The van der Waals surface area contributed by atoms with Crippen LogP contribution in [-0.2, 0) is 22.6 Å². The molecule has 1 aliphatic heterocycles. The van der Waals surface area contributed by atoms with Crippen molar-refractivity contribution in [1.82, 2.24) is 4.90 Å². The quantitative estimate of drug-likeness (QED) is 0.842. The minimum Gasteiger partial charge on any atom is -0.497 e. The number of amides is 1. The van der Waals surface area contributed by atoms with Crippen molar-refractivity contribution >= 4 is 23.5 Å². The average molecular weight is 374 g/mol. The second-order valence-corrected chi connectivity index (χ2v) is 6.87. The van der Waals surface area contributed by atoms with Gasteiger partial charge in [0, 0.05) is 17.5 Å². The Labute approximate surface area is 157 Å². The predicted octanol–water partition coefficient (Wildman–Crippen LogP) is 3.39. The largest absolute Gasteiger partial charge is 0.497 e. The molecule has 1 saturated heterocycles. The number of likely N-dealkylation sites (tertiary alicyclic amines) is 1. The van der Waals surface area contributed by atoms with E-state index in [2.05, 4.69) is 0 Å². The van der Waals surface area contributed by atoms with Crippen molar-refractivity contribution in [2.45, 2.75) is 25.4 Å². The molecule has 0 spiro atoms. The van der Waals surface area contributed by atoms with Gasteiger partial charge in [0.1, 0.15) is 11.8 Å². The number of aliphatic carboxylic acids is 1. The van der Waals surface area contributed by atoms with Gasteiger partial charge >= 0.3 is 5.97 Å². The summed E-state index contributed by atoms with van der Waals surface area (Å²) in [6.45, 7) is 0.254. The highest BCUT2D eigenvalue weighted by Crippen LogP contribution is 2.30. The van der Waals surface area contributed by atoms with E-state index < -0.39 is 12.0 Å². The number of carboxylic acid groups (broad SMARTS) is 1. The molecular formula is C20H20ClNO4. The van der Waals surface area contributed by atoms with Crippen molar-refractivity contribution in [3.05, 3.63) is 64.7 Å². The molecule has 1 amide bonds. The SMILES string of the molecule is COc1cccc(CN2C(=O)[C@H](Cc3ccc(Cl)cc3)C[C@H]2C(=O)O)c1. The number of nitrogens with zero attached hydrogens (tertiary/aromatic N) is 1. The van der Waals surface area contributed by atoms with Gasteiger partial charge in [-0.1, -0.05) is 35.9 Å². The van der Waals surface area contributed by atoms with Gasteiger partial charge < -0.3 is 14.7 Å². The van der Waals surface area contributed by atoms with Gasteiger partial charge in [-0.15, -0.1) is 0 Å². The van der Waals surface area contributed by atoms with Gasteiger partial charge in [-0.3, -0.25) is 4.79 Å². The van der Waals surface area contributed by atoms with Crippen molar-refractivity contribution in [3.63, 3.8) is 0 Å². The lowest BCUT2D eigenvalue weighted by Gasteiger charge is -2.22. The molecule has 0 saturated carbocycles. The molecule has 1 aliphatic rings. The molecular weight excluding hydrogens is 354 g/mol. The minimum absolute atomic E-state index is 0.129. The van der Waals surface area contributed by atoms with Crippen LogP contribution in [0.2, 0.25) is 5.02 Å². The van der Waals surface area contributed by atoms with Crippen molar-refractivity contribution < 1.29 is 19.4 Å². The average Bonchev–Trinajstić information content (AvgIpc) is 2.93. The highest BCUT2D eigenvalue weighted by Gasteiger charge is 2.43. The fraction of sp³-hybridized carbons (Fsp3) is 0.300. The van der Waals surface area contributed by atoms with Crippen LogP contribution < -0.4 is 4.74 Å². The van der Waals surface area contributed by atoms with E-state index in [1.165, 1.54) is 4.90 Å². The topological polar surface area (TPSA) is 66.8 Å². The first-order chi connectivity index (χ1) is 12.5. The molecule has 136 valence electrons. The molecule has 2 aromatic carbocycles. The standard InChI is InChI=1S/C20H20ClNO4/c1-26-17-4-2-3-14(10-17)12-22-18(20(24)25)11-15(19(22)23)9-13-5-7-16(21)8-6-13/h2-8,10,15,18H,9,11-12H2,1H3,(H,24,25)/t15-,18+/m1/s1. The molecule has 5 nitrogen and oxygen atoms in total. The van der Waals surface area contributed by atoms with Crippen LogP contribution in [0.15, 0.2) is 48.5 Å². The van der Waals surface area contributed by atoms with E-state index in [-0.39, 0.29) is 18.4 Å². The maximum absolute atomic E-state index is 12.9. The summed E-state index contributed by atoms with van der Waals surface area (Å²) in [6, 6.07) is 13.8. The first kappa shape index (κ1) is 18.3. The summed E-state index contributed by atoms with van der Waals surface area (Å²) in [5, 5.41) is 10.2. The molecule has 3 rings (SSSR count). The molecule has 1 N–H and O–H groups in total. The Morgan fingerprint density at radius 1 is 1.23 bits per heavy atom. The van der Waals surface area contributed by atoms with E-state index in [0.717, 1.165) is 11.1 Å². The molecule has 1 heterocycles.